The fraction of sp³-hybridized carbons (Fsp3) is 0.267. The van der Waals surface area contributed by atoms with Crippen molar-refractivity contribution in [3.8, 4) is 5.75 Å². The number of fused-ring (bicyclic) bond motifs is 6. The average molecular weight is 485 g/mol. The van der Waals surface area contributed by atoms with E-state index in [1.54, 1.807) is 0 Å². The van der Waals surface area contributed by atoms with Crippen molar-refractivity contribution in [2.45, 2.75) is 44.9 Å². The van der Waals surface area contributed by atoms with E-state index in [0.717, 1.165) is 47.9 Å². The predicted octanol–water partition coefficient (Wildman–Crippen LogP) is 8.08. The minimum absolute atomic E-state index is 0.274. The summed E-state index contributed by atoms with van der Waals surface area (Å²) in [4.78, 5) is 0. The smallest absolute Gasteiger partial charge is 0.399 e. The largest absolute Gasteiger partial charge is 0.587 e. The van der Waals surface area contributed by atoms with Gasteiger partial charge in [-0.2, -0.15) is 0 Å². The van der Waals surface area contributed by atoms with Crippen molar-refractivity contribution in [1.29, 1.82) is 0 Å². The monoisotopic (exact) mass is 484 g/mol. The van der Waals surface area contributed by atoms with Gasteiger partial charge in [0, 0.05) is 17.6 Å². The molecule has 35 heavy (non-hydrogen) atoms. The minimum atomic E-state index is -3.86. The Morgan fingerprint density at radius 1 is 0.914 bits per heavy atom. The van der Waals surface area contributed by atoms with Crippen molar-refractivity contribution in [2.75, 3.05) is 6.61 Å². The highest BCUT2D eigenvalue weighted by molar-refractivity contribution is 7.49. The van der Waals surface area contributed by atoms with E-state index >= 15 is 0 Å². The molecular formula is C30H29O4P. The lowest BCUT2D eigenvalue weighted by Crippen LogP contribution is -2.09. The second-order valence-corrected chi connectivity index (χ2v) is 11.0. The lowest BCUT2D eigenvalue weighted by molar-refractivity contribution is 0.179. The molecule has 1 aliphatic heterocycles. The number of benzene rings is 3. The molecule has 3 aliphatic rings. The summed E-state index contributed by atoms with van der Waals surface area (Å²) in [6, 6.07) is 22.7. The first-order valence-electron chi connectivity index (χ1n) is 12.4. The zero-order valence-electron chi connectivity index (χ0n) is 19.9. The van der Waals surface area contributed by atoms with Gasteiger partial charge in [0.05, 0.1) is 6.61 Å². The van der Waals surface area contributed by atoms with Crippen LogP contribution in [0.25, 0.3) is 11.6 Å². The fourth-order valence-electron chi connectivity index (χ4n) is 5.31. The van der Waals surface area contributed by atoms with Crippen LogP contribution in [0.4, 0.5) is 0 Å². The van der Waals surface area contributed by atoms with Crippen LogP contribution >= 0.6 is 7.82 Å². The third kappa shape index (κ3) is 4.26. The fourth-order valence-corrected chi connectivity index (χ4v) is 6.63. The van der Waals surface area contributed by atoms with Crippen LogP contribution < -0.4 is 4.52 Å². The van der Waals surface area contributed by atoms with Crippen LogP contribution in [0.3, 0.4) is 0 Å². The van der Waals surface area contributed by atoms with Gasteiger partial charge in [0.2, 0.25) is 0 Å². The highest BCUT2D eigenvalue weighted by Crippen LogP contribution is 2.59. The van der Waals surface area contributed by atoms with E-state index in [1.165, 1.54) is 16.7 Å². The van der Waals surface area contributed by atoms with Gasteiger partial charge in [-0.25, -0.2) is 4.57 Å². The maximum Gasteiger partial charge on any atom is 0.587 e. The van der Waals surface area contributed by atoms with E-state index in [4.69, 9.17) is 13.6 Å². The molecule has 4 nitrogen and oxygen atoms in total. The summed E-state index contributed by atoms with van der Waals surface area (Å²) in [5.74, 6) is 1.54. The van der Waals surface area contributed by atoms with Crippen molar-refractivity contribution in [3.05, 3.63) is 112 Å². The van der Waals surface area contributed by atoms with Crippen LogP contribution in [0.2, 0.25) is 0 Å². The molecule has 0 fully saturated rings. The third-order valence-corrected chi connectivity index (χ3v) is 8.56. The molecule has 2 atom stereocenters. The molecular weight excluding hydrogens is 455 g/mol. The molecule has 0 saturated heterocycles. The molecule has 1 heterocycles. The number of rotatable bonds is 5. The summed E-state index contributed by atoms with van der Waals surface area (Å²) in [5, 5.41) is 0. The lowest BCUT2D eigenvalue weighted by atomic mass is 9.81. The van der Waals surface area contributed by atoms with Crippen LogP contribution in [0.15, 0.2) is 78.6 Å². The van der Waals surface area contributed by atoms with Crippen molar-refractivity contribution < 1.29 is 18.1 Å². The van der Waals surface area contributed by atoms with Crippen molar-refractivity contribution in [3.63, 3.8) is 0 Å². The third-order valence-electron chi connectivity index (χ3n) is 7.20. The Hall–Kier alpha value is -3.07. The quantitative estimate of drug-likeness (QED) is 0.344. The Labute approximate surface area is 206 Å². The van der Waals surface area contributed by atoms with Gasteiger partial charge in [-0.15, -0.1) is 0 Å². The molecule has 2 unspecified atom stereocenters. The highest BCUT2D eigenvalue weighted by Gasteiger charge is 2.40. The molecule has 0 N–H and O–H groups in total. The average Bonchev–Trinajstić information content (AvgIpc) is 3.02. The highest BCUT2D eigenvalue weighted by atomic mass is 31.2. The van der Waals surface area contributed by atoms with Crippen molar-refractivity contribution >= 4 is 19.5 Å². The van der Waals surface area contributed by atoms with Crippen LogP contribution in [-0.2, 0) is 26.5 Å². The van der Waals surface area contributed by atoms with Crippen LogP contribution in [0.5, 0.6) is 5.75 Å². The van der Waals surface area contributed by atoms with E-state index in [0.29, 0.717) is 17.9 Å². The summed E-state index contributed by atoms with van der Waals surface area (Å²) in [7, 11) is -3.86. The van der Waals surface area contributed by atoms with Gasteiger partial charge in [0.25, 0.3) is 0 Å². The Kier molecular flexibility index (Phi) is 5.88. The van der Waals surface area contributed by atoms with Crippen molar-refractivity contribution in [1.82, 2.24) is 0 Å². The standard InChI is InChI=1S/C30H29O4P/c1-21(22-9-3-2-4-10-22)19-20-32-35(31)33-27-17-15-23-11-5-7-13-25(23)29(27)30-26-14-8-6-12-24(26)16-18-28(30)34-35/h2-5,7-11,13-14,16,18,21H,6,12,15,17,19-20H2,1H3. The van der Waals surface area contributed by atoms with E-state index in [-0.39, 0.29) is 12.5 Å². The normalized spacial score (nSPS) is 20.9. The van der Waals surface area contributed by atoms with Gasteiger partial charge in [0.15, 0.2) is 0 Å². The molecule has 2 aliphatic carbocycles. The first-order chi connectivity index (χ1) is 17.1. The van der Waals surface area contributed by atoms with Gasteiger partial charge in [-0.05, 0) is 65.5 Å². The van der Waals surface area contributed by atoms with Crippen LogP contribution in [-0.4, -0.2) is 6.61 Å². The lowest BCUT2D eigenvalue weighted by Gasteiger charge is -2.24. The predicted molar refractivity (Wildman–Crippen MR) is 139 cm³/mol. The maximum atomic E-state index is 14.0. The maximum absolute atomic E-state index is 14.0. The van der Waals surface area contributed by atoms with Crippen molar-refractivity contribution in [2.24, 2.45) is 0 Å². The van der Waals surface area contributed by atoms with E-state index < -0.39 is 7.82 Å². The summed E-state index contributed by atoms with van der Waals surface area (Å²) in [6.45, 7) is 2.43. The summed E-state index contributed by atoms with van der Waals surface area (Å²) in [6.07, 6.45) is 8.58. The van der Waals surface area contributed by atoms with E-state index in [1.807, 2.05) is 30.3 Å². The van der Waals surface area contributed by atoms with Gasteiger partial charge in [-0.3, -0.25) is 4.52 Å². The van der Waals surface area contributed by atoms with Gasteiger partial charge < -0.3 is 9.05 Å². The molecule has 0 amide bonds. The molecule has 6 rings (SSSR count). The number of hydrogen-bond donors (Lipinski definition) is 0. The zero-order valence-corrected chi connectivity index (χ0v) is 20.8. The van der Waals surface area contributed by atoms with E-state index in [9.17, 15) is 4.57 Å². The molecule has 5 heteroatoms. The Morgan fingerprint density at radius 2 is 1.74 bits per heavy atom. The SMILES string of the molecule is CC(CCOP1(=O)OC2=C(c3ccccc3CC2)c2c(ccc3c2C=CCC3)O1)c1ccccc1. The summed E-state index contributed by atoms with van der Waals surface area (Å²) >= 11 is 0. The molecule has 0 spiro atoms. The first-order valence-corrected chi connectivity index (χ1v) is 13.9. The van der Waals surface area contributed by atoms with Gasteiger partial charge in [-0.1, -0.05) is 79.7 Å². The molecule has 0 saturated carbocycles. The van der Waals surface area contributed by atoms with Crippen LogP contribution in [0, 0.1) is 0 Å². The molecule has 0 bridgehead atoms. The molecule has 3 aromatic carbocycles. The molecule has 0 aromatic heterocycles. The number of phosphoric acid groups is 1. The molecule has 0 radical (unpaired) electrons. The second-order valence-electron chi connectivity index (χ2n) is 9.47. The van der Waals surface area contributed by atoms with Gasteiger partial charge in [0.1, 0.15) is 11.5 Å². The van der Waals surface area contributed by atoms with Gasteiger partial charge >= 0.3 is 7.82 Å². The first kappa shape index (κ1) is 22.4. The number of aryl methyl sites for hydroxylation is 2. The Bertz CT molecular complexity index is 1370. The molecule has 178 valence electrons. The topological polar surface area (TPSA) is 44.8 Å². The second kappa shape index (κ2) is 9.18. The summed E-state index contributed by atoms with van der Waals surface area (Å²) < 4.78 is 32.2. The van der Waals surface area contributed by atoms with E-state index in [2.05, 4.69) is 55.5 Å². The molecule has 3 aromatic rings. The Balaban J connectivity index is 1.37. The summed E-state index contributed by atoms with van der Waals surface area (Å²) in [5.41, 5.74) is 8.00. The van der Waals surface area contributed by atoms with Crippen LogP contribution in [0.1, 0.15) is 65.5 Å². The zero-order chi connectivity index (χ0) is 23.8. The Morgan fingerprint density at radius 3 is 2.63 bits per heavy atom. The minimum Gasteiger partial charge on any atom is -0.399 e. The number of allylic oxidation sites excluding steroid dienone is 2. The number of hydrogen-bond acceptors (Lipinski definition) is 4. The number of phosphoric ester groups is 1.